The number of hydrogen-bond donors (Lipinski definition) is 2. The van der Waals surface area contributed by atoms with E-state index in [1.165, 1.54) is 12.1 Å². The average molecular weight is 335 g/mol. The molecular weight excluding hydrogens is 309 g/mol. The predicted octanol–water partition coefficient (Wildman–Crippen LogP) is 2.46. The van der Waals surface area contributed by atoms with Crippen molar-refractivity contribution in [1.29, 1.82) is 0 Å². The van der Waals surface area contributed by atoms with Crippen molar-refractivity contribution >= 4 is 11.9 Å². The standard InChI is InChI=1S/C18H26FN3O2/c1-13(2)20-18(24)22-10-8-16(9-11-22)21-17(23)7-6-14-4-3-5-15(19)12-14/h3-5,12-13,16H,6-11H2,1-2H3,(H,20,24)(H,21,23). The molecule has 1 aliphatic heterocycles. The number of amides is 3. The summed E-state index contributed by atoms with van der Waals surface area (Å²) in [6.07, 6.45) is 2.39. The van der Waals surface area contributed by atoms with E-state index < -0.39 is 0 Å². The summed E-state index contributed by atoms with van der Waals surface area (Å²) >= 11 is 0. The number of halogens is 1. The number of nitrogens with zero attached hydrogens (tertiary/aromatic N) is 1. The topological polar surface area (TPSA) is 61.4 Å². The molecule has 0 bridgehead atoms. The Morgan fingerprint density at radius 3 is 2.62 bits per heavy atom. The van der Waals surface area contributed by atoms with Crippen LogP contribution in [0.4, 0.5) is 9.18 Å². The molecule has 0 aliphatic carbocycles. The lowest BCUT2D eigenvalue weighted by molar-refractivity contribution is -0.122. The minimum atomic E-state index is -0.278. The first-order valence-electron chi connectivity index (χ1n) is 8.53. The molecule has 0 radical (unpaired) electrons. The van der Waals surface area contributed by atoms with Gasteiger partial charge in [-0.3, -0.25) is 4.79 Å². The molecule has 0 aromatic heterocycles. The maximum Gasteiger partial charge on any atom is 0.317 e. The van der Waals surface area contributed by atoms with Gasteiger partial charge in [0.2, 0.25) is 5.91 Å². The number of urea groups is 1. The van der Waals surface area contributed by atoms with Crippen molar-refractivity contribution < 1.29 is 14.0 Å². The van der Waals surface area contributed by atoms with Gasteiger partial charge in [-0.1, -0.05) is 12.1 Å². The summed E-state index contributed by atoms with van der Waals surface area (Å²) in [5, 5.41) is 5.89. The fraction of sp³-hybridized carbons (Fsp3) is 0.556. The van der Waals surface area contributed by atoms with E-state index in [4.69, 9.17) is 0 Å². The third kappa shape index (κ3) is 5.83. The zero-order valence-corrected chi connectivity index (χ0v) is 14.3. The third-order valence-electron chi connectivity index (χ3n) is 4.09. The van der Waals surface area contributed by atoms with Crippen molar-refractivity contribution in [2.75, 3.05) is 13.1 Å². The number of nitrogens with one attached hydrogen (secondary N) is 2. The van der Waals surface area contributed by atoms with Crippen LogP contribution in [0.5, 0.6) is 0 Å². The third-order valence-corrected chi connectivity index (χ3v) is 4.09. The van der Waals surface area contributed by atoms with E-state index >= 15 is 0 Å². The van der Waals surface area contributed by atoms with Gasteiger partial charge in [0.15, 0.2) is 0 Å². The van der Waals surface area contributed by atoms with Gasteiger partial charge in [-0.25, -0.2) is 9.18 Å². The number of carbonyl (C=O) groups excluding carboxylic acids is 2. The molecule has 1 aliphatic rings. The largest absolute Gasteiger partial charge is 0.353 e. The maximum absolute atomic E-state index is 13.1. The highest BCUT2D eigenvalue weighted by atomic mass is 19.1. The van der Waals surface area contributed by atoms with Gasteiger partial charge in [0, 0.05) is 31.6 Å². The molecule has 0 saturated carbocycles. The molecule has 1 aromatic carbocycles. The molecule has 0 unspecified atom stereocenters. The van der Waals surface area contributed by atoms with Gasteiger partial charge < -0.3 is 15.5 Å². The lowest BCUT2D eigenvalue weighted by atomic mass is 10.0. The Bertz CT molecular complexity index is 569. The highest BCUT2D eigenvalue weighted by molar-refractivity contribution is 5.77. The normalized spacial score (nSPS) is 15.4. The van der Waals surface area contributed by atoms with Crippen molar-refractivity contribution in [2.45, 2.75) is 51.6 Å². The number of hydrogen-bond acceptors (Lipinski definition) is 2. The molecule has 1 heterocycles. The first kappa shape index (κ1) is 18.2. The van der Waals surface area contributed by atoms with Gasteiger partial charge in [-0.05, 0) is 50.8 Å². The van der Waals surface area contributed by atoms with Crippen LogP contribution in [-0.4, -0.2) is 42.0 Å². The molecule has 0 spiro atoms. The quantitative estimate of drug-likeness (QED) is 0.868. The Morgan fingerprint density at radius 2 is 2.00 bits per heavy atom. The van der Waals surface area contributed by atoms with E-state index in [-0.39, 0.29) is 29.8 Å². The molecule has 132 valence electrons. The number of rotatable bonds is 5. The average Bonchev–Trinajstić information content (AvgIpc) is 2.53. The van der Waals surface area contributed by atoms with E-state index in [0.717, 1.165) is 18.4 Å². The van der Waals surface area contributed by atoms with Crippen LogP contribution < -0.4 is 10.6 Å². The molecule has 1 fully saturated rings. The maximum atomic E-state index is 13.1. The SMILES string of the molecule is CC(C)NC(=O)N1CCC(NC(=O)CCc2cccc(F)c2)CC1. The molecule has 6 heteroatoms. The van der Waals surface area contributed by atoms with Gasteiger partial charge in [-0.2, -0.15) is 0 Å². The zero-order chi connectivity index (χ0) is 17.5. The smallest absolute Gasteiger partial charge is 0.317 e. The Kier molecular flexibility index (Phi) is 6.58. The molecule has 3 amide bonds. The number of aryl methyl sites for hydroxylation is 1. The summed E-state index contributed by atoms with van der Waals surface area (Å²) in [5.74, 6) is -0.302. The zero-order valence-electron chi connectivity index (χ0n) is 14.3. The highest BCUT2D eigenvalue weighted by Gasteiger charge is 2.23. The minimum Gasteiger partial charge on any atom is -0.353 e. The van der Waals surface area contributed by atoms with Crippen LogP contribution in [0.25, 0.3) is 0 Å². The fourth-order valence-corrected chi connectivity index (χ4v) is 2.82. The summed E-state index contributed by atoms with van der Waals surface area (Å²) in [6.45, 7) is 5.16. The minimum absolute atomic E-state index is 0.0238. The van der Waals surface area contributed by atoms with Crippen LogP contribution in [0.3, 0.4) is 0 Å². The van der Waals surface area contributed by atoms with Crippen LogP contribution in [0.15, 0.2) is 24.3 Å². The van der Waals surface area contributed by atoms with E-state index in [1.54, 1.807) is 11.0 Å². The Hall–Kier alpha value is -2.11. The first-order valence-corrected chi connectivity index (χ1v) is 8.53. The second kappa shape index (κ2) is 8.66. The Morgan fingerprint density at radius 1 is 1.29 bits per heavy atom. The molecule has 1 aromatic rings. The molecule has 1 saturated heterocycles. The van der Waals surface area contributed by atoms with E-state index in [0.29, 0.717) is 25.9 Å². The highest BCUT2D eigenvalue weighted by Crippen LogP contribution is 2.12. The summed E-state index contributed by atoms with van der Waals surface area (Å²) in [4.78, 5) is 25.7. The predicted molar refractivity (Wildman–Crippen MR) is 91.1 cm³/mol. The summed E-state index contributed by atoms with van der Waals surface area (Å²) in [7, 11) is 0. The van der Waals surface area contributed by atoms with Gasteiger partial charge in [0.05, 0.1) is 0 Å². The second-order valence-electron chi connectivity index (χ2n) is 6.56. The van der Waals surface area contributed by atoms with Crippen molar-refractivity contribution in [3.05, 3.63) is 35.6 Å². The van der Waals surface area contributed by atoms with Gasteiger partial charge in [0.25, 0.3) is 0 Å². The summed E-state index contributed by atoms with van der Waals surface area (Å²) < 4.78 is 13.1. The van der Waals surface area contributed by atoms with Gasteiger partial charge in [-0.15, -0.1) is 0 Å². The molecule has 2 rings (SSSR count). The second-order valence-corrected chi connectivity index (χ2v) is 6.56. The molecular formula is C18H26FN3O2. The summed E-state index contributed by atoms with van der Waals surface area (Å²) in [6, 6.07) is 6.51. The van der Waals surface area contributed by atoms with E-state index in [1.807, 2.05) is 19.9 Å². The molecule has 2 N–H and O–H groups in total. The Balaban J connectivity index is 1.69. The van der Waals surface area contributed by atoms with Crippen molar-refractivity contribution in [1.82, 2.24) is 15.5 Å². The number of carbonyl (C=O) groups is 2. The van der Waals surface area contributed by atoms with E-state index in [2.05, 4.69) is 10.6 Å². The van der Waals surface area contributed by atoms with Crippen molar-refractivity contribution in [3.63, 3.8) is 0 Å². The summed E-state index contributed by atoms with van der Waals surface area (Å²) in [5.41, 5.74) is 0.824. The molecule has 5 nitrogen and oxygen atoms in total. The van der Waals surface area contributed by atoms with Gasteiger partial charge in [0.1, 0.15) is 5.82 Å². The number of benzene rings is 1. The van der Waals surface area contributed by atoms with Crippen LogP contribution in [-0.2, 0) is 11.2 Å². The van der Waals surface area contributed by atoms with Crippen LogP contribution in [0.2, 0.25) is 0 Å². The van der Waals surface area contributed by atoms with Crippen LogP contribution in [0, 0.1) is 5.82 Å². The fourth-order valence-electron chi connectivity index (χ4n) is 2.82. The van der Waals surface area contributed by atoms with Gasteiger partial charge >= 0.3 is 6.03 Å². The number of likely N-dealkylation sites (tertiary alicyclic amines) is 1. The van der Waals surface area contributed by atoms with Crippen LogP contribution in [0.1, 0.15) is 38.7 Å². The van der Waals surface area contributed by atoms with Crippen molar-refractivity contribution in [2.24, 2.45) is 0 Å². The van der Waals surface area contributed by atoms with Crippen molar-refractivity contribution in [3.8, 4) is 0 Å². The van der Waals surface area contributed by atoms with Crippen LogP contribution >= 0.6 is 0 Å². The monoisotopic (exact) mass is 335 g/mol. The molecule has 24 heavy (non-hydrogen) atoms. The first-order chi connectivity index (χ1) is 11.4. The number of piperidine rings is 1. The lowest BCUT2D eigenvalue weighted by Crippen LogP contribution is -2.50. The molecule has 0 atom stereocenters. The Labute approximate surface area is 142 Å². The van der Waals surface area contributed by atoms with E-state index in [9.17, 15) is 14.0 Å². The lowest BCUT2D eigenvalue weighted by Gasteiger charge is -2.33.